The Morgan fingerprint density at radius 3 is 2.37 bits per heavy atom. The molecule has 1 fully saturated rings. The van der Waals surface area contributed by atoms with Crippen molar-refractivity contribution in [1.82, 2.24) is 4.90 Å². The first-order valence-corrected chi connectivity index (χ1v) is 8.70. The van der Waals surface area contributed by atoms with Crippen molar-refractivity contribution in [2.75, 3.05) is 19.7 Å². The molecule has 1 aromatic carbocycles. The zero-order valence-electron chi connectivity index (χ0n) is 15.5. The molecule has 164 valence electrons. The van der Waals surface area contributed by atoms with Crippen LogP contribution in [0.3, 0.4) is 0 Å². The van der Waals surface area contributed by atoms with E-state index in [0.29, 0.717) is 0 Å². The Morgan fingerprint density at radius 2 is 1.83 bits per heavy atom. The Balaban J connectivity index is 1.88. The molecule has 0 radical (unpaired) electrons. The van der Waals surface area contributed by atoms with Crippen LogP contribution < -0.4 is 5.73 Å². The van der Waals surface area contributed by atoms with E-state index in [-0.39, 0.29) is 37.1 Å². The number of benzene rings is 1. The van der Waals surface area contributed by atoms with Gasteiger partial charge in [-0.25, -0.2) is 4.79 Å². The lowest BCUT2D eigenvalue weighted by Crippen LogP contribution is -2.41. The molecule has 1 heterocycles. The van der Waals surface area contributed by atoms with Crippen LogP contribution in [0.2, 0.25) is 0 Å². The van der Waals surface area contributed by atoms with Crippen LogP contribution in [0, 0.1) is 16.0 Å². The molecule has 30 heavy (non-hydrogen) atoms. The lowest BCUT2D eigenvalue weighted by atomic mass is 9.97. The molecule has 2 rings (SSSR count). The number of nitrogens with zero attached hydrogens (tertiary/aromatic N) is 2. The summed E-state index contributed by atoms with van der Waals surface area (Å²) in [6.07, 6.45) is -5.47. The van der Waals surface area contributed by atoms with Crippen molar-refractivity contribution in [3.05, 3.63) is 39.4 Å². The van der Waals surface area contributed by atoms with Crippen molar-refractivity contribution in [3.63, 3.8) is 0 Å². The number of carbonyl (C=O) groups is 3. The molecule has 10 nitrogen and oxygen atoms in total. The number of alkyl halides is 3. The highest BCUT2D eigenvalue weighted by Gasteiger charge is 2.33. The maximum atomic E-state index is 12.2. The van der Waals surface area contributed by atoms with Crippen molar-refractivity contribution in [2.45, 2.75) is 25.6 Å². The Morgan fingerprint density at radius 1 is 1.20 bits per heavy atom. The van der Waals surface area contributed by atoms with E-state index in [1.54, 1.807) is 0 Å². The number of piperidine rings is 1. The summed E-state index contributed by atoms with van der Waals surface area (Å²) in [5.74, 6) is -2.13. The molecule has 0 bridgehead atoms. The third kappa shape index (κ3) is 6.32. The van der Waals surface area contributed by atoms with Gasteiger partial charge in [-0.15, -0.1) is 0 Å². The number of ether oxygens (including phenoxy) is 2. The molecule has 0 saturated carbocycles. The average molecular weight is 433 g/mol. The molecule has 0 unspecified atom stereocenters. The first kappa shape index (κ1) is 22.9. The van der Waals surface area contributed by atoms with E-state index in [9.17, 15) is 37.7 Å². The summed E-state index contributed by atoms with van der Waals surface area (Å²) >= 11 is 0. The molecule has 0 atom stereocenters. The van der Waals surface area contributed by atoms with Crippen LogP contribution in [-0.2, 0) is 20.9 Å². The fraction of sp³-hybridized carbons (Fsp3) is 0.471. The summed E-state index contributed by atoms with van der Waals surface area (Å²) in [6.45, 7) is -2.10. The predicted octanol–water partition coefficient (Wildman–Crippen LogP) is 2.15. The normalized spacial score (nSPS) is 14.8. The van der Waals surface area contributed by atoms with Gasteiger partial charge in [0, 0.05) is 24.7 Å². The van der Waals surface area contributed by atoms with Crippen LogP contribution in [0.4, 0.5) is 23.7 Å². The number of nitrogens with two attached hydrogens (primary N) is 1. The highest BCUT2D eigenvalue weighted by Crippen LogP contribution is 2.24. The molecule has 1 saturated heterocycles. The van der Waals surface area contributed by atoms with Gasteiger partial charge in [0.25, 0.3) is 5.69 Å². The Hall–Kier alpha value is -3.38. The van der Waals surface area contributed by atoms with Crippen LogP contribution in [0.25, 0.3) is 0 Å². The van der Waals surface area contributed by atoms with Crippen molar-refractivity contribution >= 4 is 23.7 Å². The molecule has 1 aliphatic rings. The summed E-state index contributed by atoms with van der Waals surface area (Å²) in [5, 5.41) is 11.2. The van der Waals surface area contributed by atoms with Gasteiger partial charge in [-0.05, 0) is 25.0 Å². The third-order valence-corrected chi connectivity index (χ3v) is 4.38. The number of nitro benzene ring substituents is 1. The van der Waals surface area contributed by atoms with Crippen molar-refractivity contribution in [1.29, 1.82) is 0 Å². The van der Waals surface area contributed by atoms with E-state index >= 15 is 0 Å². The smallest absolute Gasteiger partial charge is 0.422 e. The molecule has 0 spiro atoms. The summed E-state index contributed by atoms with van der Waals surface area (Å²) in [7, 11) is 0. The van der Waals surface area contributed by atoms with E-state index < -0.39 is 53.9 Å². The van der Waals surface area contributed by atoms with Crippen molar-refractivity contribution in [2.24, 2.45) is 11.7 Å². The average Bonchev–Trinajstić information content (AvgIpc) is 2.69. The number of halogens is 3. The van der Waals surface area contributed by atoms with E-state index in [1.165, 1.54) is 12.1 Å². The monoisotopic (exact) mass is 433 g/mol. The molecular formula is C17H18F3N3O7. The van der Waals surface area contributed by atoms with Crippen LogP contribution in [0.5, 0.6) is 0 Å². The Bertz CT molecular complexity index is 836. The molecule has 0 aliphatic carbocycles. The third-order valence-electron chi connectivity index (χ3n) is 4.38. The zero-order chi connectivity index (χ0) is 22.5. The maximum Gasteiger partial charge on any atom is 0.422 e. The lowest BCUT2D eigenvalue weighted by Gasteiger charge is -2.30. The van der Waals surface area contributed by atoms with E-state index in [4.69, 9.17) is 10.5 Å². The maximum absolute atomic E-state index is 12.2. The molecule has 1 aliphatic heterocycles. The predicted molar refractivity (Wildman–Crippen MR) is 93.1 cm³/mol. The topological polar surface area (TPSA) is 142 Å². The number of likely N-dealkylation sites (tertiary alicyclic amines) is 1. The van der Waals surface area contributed by atoms with Crippen LogP contribution in [-0.4, -0.2) is 53.7 Å². The number of primary amides is 1. The van der Waals surface area contributed by atoms with Gasteiger partial charge in [-0.2, -0.15) is 13.2 Å². The van der Waals surface area contributed by atoms with Gasteiger partial charge in [0.05, 0.1) is 16.4 Å². The van der Waals surface area contributed by atoms with Gasteiger partial charge in [0.2, 0.25) is 5.91 Å². The number of amides is 2. The van der Waals surface area contributed by atoms with Gasteiger partial charge < -0.3 is 20.1 Å². The fourth-order valence-corrected chi connectivity index (χ4v) is 2.81. The lowest BCUT2D eigenvalue weighted by molar-refractivity contribution is -0.385. The number of carbonyl (C=O) groups excluding carboxylic acids is 3. The summed E-state index contributed by atoms with van der Waals surface area (Å²) in [6, 6.07) is 3.50. The molecule has 13 heteroatoms. The van der Waals surface area contributed by atoms with Crippen molar-refractivity contribution < 1.29 is 42.0 Å². The number of rotatable bonds is 6. The first-order chi connectivity index (χ1) is 14.0. The minimum absolute atomic E-state index is 0.00388. The highest BCUT2D eigenvalue weighted by atomic mass is 19.4. The van der Waals surface area contributed by atoms with Gasteiger partial charge in [-0.3, -0.25) is 19.7 Å². The fourth-order valence-electron chi connectivity index (χ4n) is 2.81. The molecule has 0 aromatic heterocycles. The number of esters is 1. The second-order valence-corrected chi connectivity index (χ2v) is 6.50. The highest BCUT2D eigenvalue weighted by molar-refractivity contribution is 5.93. The Kier molecular flexibility index (Phi) is 7.19. The van der Waals surface area contributed by atoms with Gasteiger partial charge >= 0.3 is 18.2 Å². The summed E-state index contributed by atoms with van der Waals surface area (Å²) in [4.78, 5) is 46.4. The minimum atomic E-state index is -4.63. The minimum Gasteiger partial charge on any atom is -0.460 e. The zero-order valence-corrected chi connectivity index (χ0v) is 15.5. The van der Waals surface area contributed by atoms with Crippen LogP contribution in [0.1, 0.15) is 28.8 Å². The van der Waals surface area contributed by atoms with Gasteiger partial charge in [0.1, 0.15) is 6.61 Å². The largest absolute Gasteiger partial charge is 0.460 e. The SMILES string of the molecule is NC(=O)c1ccc(COC(=O)C2CCN(C(=O)OCC(F)(F)F)CC2)c([N+](=O)[O-])c1. The molecular weight excluding hydrogens is 415 g/mol. The van der Waals surface area contributed by atoms with Crippen molar-refractivity contribution in [3.8, 4) is 0 Å². The quantitative estimate of drug-likeness (QED) is 0.411. The molecule has 2 N–H and O–H groups in total. The Labute approximate surface area is 167 Å². The van der Waals surface area contributed by atoms with Crippen LogP contribution >= 0.6 is 0 Å². The van der Waals surface area contributed by atoms with E-state index in [2.05, 4.69) is 4.74 Å². The van der Waals surface area contributed by atoms with Gasteiger partial charge in [-0.1, -0.05) is 0 Å². The number of nitro groups is 1. The number of hydrogen-bond acceptors (Lipinski definition) is 7. The van der Waals surface area contributed by atoms with E-state index in [0.717, 1.165) is 11.0 Å². The summed E-state index contributed by atoms with van der Waals surface area (Å²) in [5.41, 5.74) is 4.65. The summed E-state index contributed by atoms with van der Waals surface area (Å²) < 4.78 is 45.5. The van der Waals surface area contributed by atoms with Gasteiger partial charge in [0.15, 0.2) is 6.61 Å². The standard InChI is InChI=1S/C17H18F3N3O7/c18-17(19,20)9-30-16(26)22-5-3-10(4-6-22)15(25)29-8-12-2-1-11(14(21)24)7-13(12)23(27)28/h1-2,7,10H,3-6,8-9H2,(H2,21,24). The second-order valence-electron chi connectivity index (χ2n) is 6.50. The van der Waals surface area contributed by atoms with Crippen LogP contribution in [0.15, 0.2) is 18.2 Å². The first-order valence-electron chi connectivity index (χ1n) is 8.70. The molecule has 2 amide bonds. The second kappa shape index (κ2) is 9.41. The molecule has 1 aromatic rings. The number of hydrogen-bond donors (Lipinski definition) is 1. The van der Waals surface area contributed by atoms with E-state index in [1.807, 2.05) is 0 Å².